The molecule has 1 saturated carbocycles. The van der Waals surface area contributed by atoms with Gasteiger partial charge in [0, 0.05) is 0 Å². The molecule has 0 aromatic carbocycles. The largest absolute Gasteiger partial charge is 0.459 e. The summed E-state index contributed by atoms with van der Waals surface area (Å²) in [6.07, 6.45) is 8.72. The summed E-state index contributed by atoms with van der Waals surface area (Å²) in [4.78, 5) is 2.27. The van der Waals surface area contributed by atoms with Crippen molar-refractivity contribution >= 4 is 0 Å². The van der Waals surface area contributed by atoms with Crippen LogP contribution in [0.25, 0.3) is 0 Å². The minimum absolute atomic E-state index is 0.708. The average Bonchev–Trinajstić information content (AvgIpc) is 2.37. The summed E-state index contributed by atoms with van der Waals surface area (Å²) >= 11 is 0. The number of likely N-dealkylation sites (tertiary alicyclic amines) is 1. The van der Waals surface area contributed by atoms with Gasteiger partial charge >= 0.3 is 0 Å². The van der Waals surface area contributed by atoms with Crippen LogP contribution in [0.2, 0.25) is 0 Å². The van der Waals surface area contributed by atoms with Gasteiger partial charge in [0.05, 0.1) is 0 Å². The highest BCUT2D eigenvalue weighted by Crippen LogP contribution is 2.44. The number of hydrogen-bond acceptors (Lipinski definition) is 1. The van der Waals surface area contributed by atoms with Gasteiger partial charge in [-0.15, -0.1) is 0 Å². The van der Waals surface area contributed by atoms with Crippen molar-refractivity contribution < 1.29 is 0 Å². The summed E-state index contributed by atoms with van der Waals surface area (Å²) in [7, 11) is 4.05. The SMILES string of the molecule is [CH2-]N1CCCC2(CCCC2)C1. The second kappa shape index (κ2) is 2.78. The van der Waals surface area contributed by atoms with E-state index in [0.717, 1.165) is 0 Å². The maximum Gasteiger partial charge on any atom is -0.0194 e. The molecule has 0 atom stereocenters. The molecule has 11 heavy (non-hydrogen) atoms. The molecule has 1 saturated heterocycles. The van der Waals surface area contributed by atoms with Crippen LogP contribution in [0.15, 0.2) is 0 Å². The smallest absolute Gasteiger partial charge is 0.0194 e. The molecule has 2 aliphatic rings. The third-order valence-electron chi connectivity index (χ3n) is 3.40. The highest BCUT2D eigenvalue weighted by atomic mass is 15.1. The molecule has 1 spiro atoms. The van der Waals surface area contributed by atoms with Crippen LogP contribution in [0.5, 0.6) is 0 Å². The number of rotatable bonds is 0. The first-order chi connectivity index (χ1) is 5.31. The van der Waals surface area contributed by atoms with Gasteiger partial charge in [-0.2, -0.15) is 0 Å². The fourth-order valence-corrected chi connectivity index (χ4v) is 2.84. The first-order valence-corrected chi connectivity index (χ1v) is 4.86. The lowest BCUT2D eigenvalue weighted by Crippen LogP contribution is -2.38. The maximum absolute atomic E-state index is 4.05. The van der Waals surface area contributed by atoms with E-state index in [9.17, 15) is 0 Å². The third-order valence-corrected chi connectivity index (χ3v) is 3.40. The Morgan fingerprint density at radius 1 is 1.00 bits per heavy atom. The molecule has 2 rings (SSSR count). The van der Waals surface area contributed by atoms with Crippen LogP contribution < -0.4 is 0 Å². The van der Waals surface area contributed by atoms with Gasteiger partial charge in [0.2, 0.25) is 0 Å². The summed E-state index contributed by atoms with van der Waals surface area (Å²) in [6.45, 7) is 2.49. The molecule has 0 radical (unpaired) electrons. The topological polar surface area (TPSA) is 3.24 Å². The minimum atomic E-state index is 0.708. The van der Waals surface area contributed by atoms with Crippen molar-refractivity contribution in [2.24, 2.45) is 5.41 Å². The molecule has 0 aromatic heterocycles. The van der Waals surface area contributed by atoms with Crippen LogP contribution in [-0.4, -0.2) is 18.0 Å². The molecule has 1 nitrogen and oxygen atoms in total. The number of piperidine rings is 1. The van der Waals surface area contributed by atoms with Crippen LogP contribution in [0.3, 0.4) is 0 Å². The zero-order valence-electron chi connectivity index (χ0n) is 7.31. The van der Waals surface area contributed by atoms with Crippen LogP contribution >= 0.6 is 0 Å². The quantitative estimate of drug-likeness (QED) is 0.482. The highest BCUT2D eigenvalue weighted by Gasteiger charge is 2.34. The van der Waals surface area contributed by atoms with E-state index in [1.807, 2.05) is 0 Å². The van der Waals surface area contributed by atoms with Gasteiger partial charge < -0.3 is 4.90 Å². The fraction of sp³-hybridized carbons (Fsp3) is 0.900. The van der Waals surface area contributed by atoms with Crippen LogP contribution in [0.4, 0.5) is 0 Å². The average molecular weight is 152 g/mol. The van der Waals surface area contributed by atoms with Crippen molar-refractivity contribution in [2.45, 2.75) is 38.5 Å². The molecule has 1 heterocycles. The normalized spacial score (nSPS) is 31.4. The molecule has 0 N–H and O–H groups in total. The summed E-state index contributed by atoms with van der Waals surface area (Å²) in [5.74, 6) is 0. The van der Waals surface area contributed by atoms with Gasteiger partial charge in [0.1, 0.15) is 0 Å². The monoisotopic (exact) mass is 152 g/mol. The molecule has 0 amide bonds. The van der Waals surface area contributed by atoms with E-state index in [1.54, 1.807) is 0 Å². The van der Waals surface area contributed by atoms with E-state index in [1.165, 1.54) is 51.6 Å². The van der Waals surface area contributed by atoms with Gasteiger partial charge in [0.25, 0.3) is 0 Å². The van der Waals surface area contributed by atoms with Crippen molar-refractivity contribution in [1.29, 1.82) is 0 Å². The van der Waals surface area contributed by atoms with E-state index >= 15 is 0 Å². The van der Waals surface area contributed by atoms with Crippen LogP contribution in [-0.2, 0) is 0 Å². The summed E-state index contributed by atoms with van der Waals surface area (Å²) < 4.78 is 0. The Balaban J connectivity index is 2.00. The molecular formula is C10H18N-. The van der Waals surface area contributed by atoms with Gasteiger partial charge in [-0.05, 0) is 44.2 Å². The van der Waals surface area contributed by atoms with Crippen LogP contribution in [0, 0.1) is 12.5 Å². The zero-order chi connectivity index (χ0) is 7.73. The molecule has 1 aliphatic carbocycles. The summed E-state index contributed by atoms with van der Waals surface area (Å²) in [5, 5.41) is 0. The van der Waals surface area contributed by atoms with Crippen molar-refractivity contribution in [3.63, 3.8) is 0 Å². The Morgan fingerprint density at radius 2 is 1.64 bits per heavy atom. The molecule has 2 fully saturated rings. The molecule has 0 bridgehead atoms. The first kappa shape index (κ1) is 7.60. The second-order valence-electron chi connectivity index (χ2n) is 4.36. The highest BCUT2D eigenvalue weighted by molar-refractivity contribution is 4.90. The van der Waals surface area contributed by atoms with Crippen molar-refractivity contribution in [3.8, 4) is 0 Å². The predicted octanol–water partition coefficient (Wildman–Crippen LogP) is 2.43. The van der Waals surface area contributed by atoms with E-state index in [4.69, 9.17) is 0 Å². The Kier molecular flexibility index (Phi) is 1.92. The Bertz CT molecular complexity index is 136. The lowest BCUT2D eigenvalue weighted by molar-refractivity contribution is 0.127. The van der Waals surface area contributed by atoms with E-state index in [-0.39, 0.29) is 0 Å². The van der Waals surface area contributed by atoms with Crippen molar-refractivity contribution in [3.05, 3.63) is 7.05 Å². The van der Waals surface area contributed by atoms with E-state index in [0.29, 0.717) is 5.41 Å². The molecule has 64 valence electrons. The lowest BCUT2D eigenvalue weighted by atomic mass is 9.79. The molecular weight excluding hydrogens is 134 g/mol. The van der Waals surface area contributed by atoms with E-state index in [2.05, 4.69) is 11.9 Å². The predicted molar refractivity (Wildman–Crippen MR) is 47.1 cm³/mol. The minimum Gasteiger partial charge on any atom is -0.459 e. The van der Waals surface area contributed by atoms with Gasteiger partial charge in [-0.1, -0.05) is 12.8 Å². The zero-order valence-corrected chi connectivity index (χ0v) is 7.31. The standard InChI is InChI=1S/C10H18N/c1-11-8-4-7-10(9-11)5-2-3-6-10/h1-9H2/q-1. The molecule has 1 heteroatoms. The first-order valence-electron chi connectivity index (χ1n) is 4.86. The number of nitrogens with zero attached hydrogens (tertiary/aromatic N) is 1. The fourth-order valence-electron chi connectivity index (χ4n) is 2.84. The Labute approximate surface area is 69.8 Å². The van der Waals surface area contributed by atoms with E-state index < -0.39 is 0 Å². The molecule has 0 aromatic rings. The van der Waals surface area contributed by atoms with Crippen molar-refractivity contribution in [2.75, 3.05) is 13.1 Å². The Hall–Kier alpha value is -0.0400. The van der Waals surface area contributed by atoms with Gasteiger partial charge in [-0.25, -0.2) is 0 Å². The summed E-state index contributed by atoms with van der Waals surface area (Å²) in [5.41, 5.74) is 0.708. The Morgan fingerprint density at radius 3 is 2.27 bits per heavy atom. The van der Waals surface area contributed by atoms with Gasteiger partial charge in [-0.3, -0.25) is 7.05 Å². The maximum atomic E-state index is 4.05. The van der Waals surface area contributed by atoms with Crippen molar-refractivity contribution in [1.82, 2.24) is 4.90 Å². The third kappa shape index (κ3) is 1.44. The molecule has 1 aliphatic heterocycles. The van der Waals surface area contributed by atoms with Gasteiger partial charge in [0.15, 0.2) is 0 Å². The number of hydrogen-bond donors (Lipinski definition) is 0. The lowest BCUT2D eigenvalue weighted by Gasteiger charge is -2.43. The van der Waals surface area contributed by atoms with Crippen LogP contribution in [0.1, 0.15) is 38.5 Å². The molecule has 0 unspecified atom stereocenters. The summed E-state index contributed by atoms with van der Waals surface area (Å²) in [6, 6.07) is 0. The second-order valence-corrected chi connectivity index (χ2v) is 4.36.